The summed E-state index contributed by atoms with van der Waals surface area (Å²) in [7, 11) is 1.52. The normalized spacial score (nSPS) is 11.3. The van der Waals surface area contributed by atoms with Gasteiger partial charge < -0.3 is 14.5 Å². The third kappa shape index (κ3) is 5.07. The maximum atomic E-state index is 12.6. The van der Waals surface area contributed by atoms with Crippen molar-refractivity contribution in [1.82, 2.24) is 9.66 Å². The Morgan fingerprint density at radius 2 is 1.88 bits per heavy atom. The van der Waals surface area contributed by atoms with Crippen LogP contribution in [0.1, 0.15) is 11.1 Å². The first kappa shape index (κ1) is 23.3. The molecule has 3 aromatic carbocycles. The average Bonchev–Trinajstić information content (AvgIpc) is 2.80. The lowest BCUT2D eigenvalue weighted by molar-refractivity contribution is 0.282. The predicted octanol–water partition coefficient (Wildman–Crippen LogP) is 5.07. The van der Waals surface area contributed by atoms with Crippen LogP contribution in [0.2, 0.25) is 10.0 Å². The highest BCUT2D eigenvalue weighted by Crippen LogP contribution is 2.34. The van der Waals surface area contributed by atoms with Gasteiger partial charge in [0.25, 0.3) is 5.56 Å². The van der Waals surface area contributed by atoms with Gasteiger partial charge in [0.2, 0.25) is 0 Å². The van der Waals surface area contributed by atoms with Crippen molar-refractivity contribution in [3.8, 4) is 11.5 Å². The molecule has 0 radical (unpaired) electrons. The van der Waals surface area contributed by atoms with Gasteiger partial charge in [0.05, 0.1) is 37.8 Å². The van der Waals surface area contributed by atoms with E-state index >= 15 is 0 Å². The van der Waals surface area contributed by atoms with Gasteiger partial charge >= 0.3 is 5.69 Å². The number of hydrogen-bond donors (Lipinski definition) is 1. The minimum atomic E-state index is -0.627. The quantitative estimate of drug-likeness (QED) is 0.249. The largest absolute Gasteiger partial charge is 0.493 e. The number of halogens is 3. The molecule has 4 rings (SSSR count). The predicted molar refractivity (Wildman–Crippen MR) is 138 cm³/mol. The Labute approximate surface area is 211 Å². The number of aromatic nitrogens is 2. The molecule has 0 saturated carbocycles. The van der Waals surface area contributed by atoms with Gasteiger partial charge in [-0.05, 0) is 70.1 Å². The average molecular weight is 596 g/mol. The molecule has 0 bridgehead atoms. The molecule has 7 nitrogen and oxygen atoms in total. The monoisotopic (exact) mass is 595 g/mol. The Morgan fingerprint density at radius 1 is 1.09 bits per heavy atom. The molecule has 0 fully saturated rings. The Bertz CT molecular complexity index is 1500. The lowest BCUT2D eigenvalue weighted by Crippen LogP contribution is -2.32. The molecule has 0 aliphatic carbocycles. The van der Waals surface area contributed by atoms with E-state index in [0.29, 0.717) is 38.0 Å². The van der Waals surface area contributed by atoms with Gasteiger partial charge in [0, 0.05) is 0 Å². The molecule has 0 amide bonds. The van der Waals surface area contributed by atoms with E-state index in [2.05, 4.69) is 32.7 Å². The molecular formula is C23H16Cl2IN3O4. The van der Waals surface area contributed by atoms with Crippen molar-refractivity contribution in [2.24, 2.45) is 5.10 Å². The van der Waals surface area contributed by atoms with Gasteiger partial charge in [0.1, 0.15) is 6.61 Å². The van der Waals surface area contributed by atoms with E-state index in [1.807, 2.05) is 6.07 Å². The Morgan fingerprint density at radius 3 is 2.64 bits per heavy atom. The van der Waals surface area contributed by atoms with E-state index in [4.69, 9.17) is 32.7 Å². The van der Waals surface area contributed by atoms with Crippen molar-refractivity contribution in [3.05, 3.63) is 100 Å². The number of benzene rings is 3. The number of fused-ring (bicyclic) bond motifs is 1. The number of aromatic amines is 1. The van der Waals surface area contributed by atoms with E-state index in [0.717, 1.165) is 13.8 Å². The molecule has 0 aliphatic rings. The summed E-state index contributed by atoms with van der Waals surface area (Å²) in [6, 6.07) is 15.5. The number of hydrogen-bond acceptors (Lipinski definition) is 5. The fourth-order valence-electron chi connectivity index (χ4n) is 3.12. The number of rotatable bonds is 6. The first-order valence-electron chi connectivity index (χ1n) is 9.60. The van der Waals surface area contributed by atoms with Crippen LogP contribution in [0.3, 0.4) is 0 Å². The van der Waals surface area contributed by atoms with Crippen LogP contribution in [-0.4, -0.2) is 23.0 Å². The van der Waals surface area contributed by atoms with Crippen LogP contribution in [0, 0.1) is 3.57 Å². The molecule has 4 aromatic rings. The SMILES string of the molecule is COc1cc(C=Nn2c(=O)[nH]c3ccccc3c2=O)cc(I)c1OCc1ccc(Cl)c(Cl)c1. The van der Waals surface area contributed by atoms with Crippen LogP contribution in [0.4, 0.5) is 0 Å². The number of methoxy groups -OCH3 is 1. The maximum absolute atomic E-state index is 12.6. The molecule has 0 atom stereocenters. The van der Waals surface area contributed by atoms with E-state index in [9.17, 15) is 9.59 Å². The molecule has 0 spiro atoms. The van der Waals surface area contributed by atoms with Crippen molar-refractivity contribution < 1.29 is 9.47 Å². The van der Waals surface area contributed by atoms with Gasteiger partial charge in [0.15, 0.2) is 11.5 Å². The second-order valence-electron chi connectivity index (χ2n) is 6.91. The summed E-state index contributed by atoms with van der Waals surface area (Å²) in [4.78, 5) is 27.6. The third-order valence-electron chi connectivity index (χ3n) is 4.73. The number of nitrogens with zero attached hydrogens (tertiary/aromatic N) is 2. The summed E-state index contributed by atoms with van der Waals surface area (Å²) >= 11 is 14.1. The van der Waals surface area contributed by atoms with Crippen LogP contribution in [0.15, 0.2) is 69.3 Å². The molecule has 0 unspecified atom stereocenters. The van der Waals surface area contributed by atoms with Crippen molar-refractivity contribution in [1.29, 1.82) is 0 Å². The zero-order valence-electron chi connectivity index (χ0n) is 17.1. The number of para-hydroxylation sites is 1. The van der Waals surface area contributed by atoms with Crippen LogP contribution in [0.5, 0.6) is 11.5 Å². The Kier molecular flexibility index (Phi) is 7.06. The van der Waals surface area contributed by atoms with Crippen LogP contribution >= 0.6 is 45.8 Å². The summed E-state index contributed by atoms with van der Waals surface area (Å²) in [5.41, 5.74) is 0.797. The van der Waals surface area contributed by atoms with Gasteiger partial charge in [-0.15, -0.1) is 4.68 Å². The van der Waals surface area contributed by atoms with Crippen LogP contribution in [-0.2, 0) is 6.61 Å². The molecule has 0 saturated heterocycles. The lowest BCUT2D eigenvalue weighted by atomic mass is 10.2. The Hall–Kier alpha value is -2.82. The van der Waals surface area contributed by atoms with Crippen molar-refractivity contribution in [3.63, 3.8) is 0 Å². The summed E-state index contributed by atoms with van der Waals surface area (Å²) in [5.74, 6) is 1.02. The van der Waals surface area contributed by atoms with Crippen molar-refractivity contribution in [2.75, 3.05) is 7.11 Å². The second-order valence-corrected chi connectivity index (χ2v) is 8.89. The summed E-state index contributed by atoms with van der Waals surface area (Å²) in [6.07, 6.45) is 1.42. The summed E-state index contributed by atoms with van der Waals surface area (Å²) < 4.78 is 13.0. The molecule has 1 N–H and O–H groups in total. The first-order valence-corrected chi connectivity index (χ1v) is 11.4. The van der Waals surface area contributed by atoms with Crippen molar-refractivity contribution >= 4 is 62.9 Å². The number of nitrogens with one attached hydrogen (secondary N) is 1. The number of H-pyrrole nitrogens is 1. The van der Waals surface area contributed by atoms with Gasteiger partial charge in [-0.1, -0.05) is 41.4 Å². The lowest BCUT2D eigenvalue weighted by Gasteiger charge is -2.14. The third-order valence-corrected chi connectivity index (χ3v) is 6.27. The topological polar surface area (TPSA) is 85.7 Å². The van der Waals surface area contributed by atoms with E-state index in [-0.39, 0.29) is 6.61 Å². The Balaban J connectivity index is 1.62. The van der Waals surface area contributed by atoms with E-state index < -0.39 is 11.2 Å². The molecular weight excluding hydrogens is 580 g/mol. The smallest absolute Gasteiger partial charge is 0.349 e. The minimum Gasteiger partial charge on any atom is -0.493 e. The minimum absolute atomic E-state index is 0.262. The van der Waals surface area contributed by atoms with Crippen molar-refractivity contribution in [2.45, 2.75) is 6.61 Å². The zero-order valence-corrected chi connectivity index (χ0v) is 20.8. The summed E-state index contributed by atoms with van der Waals surface area (Å²) in [5, 5.41) is 5.38. The molecule has 33 heavy (non-hydrogen) atoms. The highest BCUT2D eigenvalue weighted by Gasteiger charge is 2.13. The van der Waals surface area contributed by atoms with Gasteiger partial charge in [-0.3, -0.25) is 4.79 Å². The molecule has 10 heteroatoms. The highest BCUT2D eigenvalue weighted by molar-refractivity contribution is 14.1. The zero-order chi connectivity index (χ0) is 23.5. The first-order chi connectivity index (χ1) is 15.9. The molecule has 1 heterocycles. The van der Waals surface area contributed by atoms with Crippen LogP contribution < -0.4 is 20.7 Å². The standard InChI is InChI=1S/C23H16Cl2IN3O4/c1-32-20-10-14(9-18(26)21(20)33-12-13-6-7-16(24)17(25)8-13)11-27-29-22(30)15-4-2-3-5-19(15)28-23(29)31/h2-11H,12H2,1H3,(H,28,31). The maximum Gasteiger partial charge on any atom is 0.349 e. The molecule has 0 aliphatic heterocycles. The van der Waals surface area contributed by atoms with Crippen LogP contribution in [0.25, 0.3) is 10.9 Å². The molecule has 168 valence electrons. The fourth-order valence-corrected chi connectivity index (χ4v) is 4.22. The van der Waals surface area contributed by atoms with Gasteiger partial charge in [-0.25, -0.2) is 4.79 Å². The van der Waals surface area contributed by atoms with E-state index in [1.165, 1.54) is 13.3 Å². The summed E-state index contributed by atoms with van der Waals surface area (Å²) in [6.45, 7) is 0.262. The highest BCUT2D eigenvalue weighted by atomic mass is 127. The fraction of sp³-hybridized carbons (Fsp3) is 0.0870. The van der Waals surface area contributed by atoms with E-state index in [1.54, 1.807) is 48.5 Å². The number of ether oxygens (including phenoxy) is 2. The van der Waals surface area contributed by atoms with Gasteiger partial charge in [-0.2, -0.15) is 5.10 Å². The molecule has 1 aromatic heterocycles. The second kappa shape index (κ2) is 9.98.